The first-order valence-electron chi connectivity index (χ1n) is 7.67. The van der Waals surface area contributed by atoms with E-state index in [4.69, 9.17) is 0 Å². The molecule has 0 aromatic carbocycles. The Bertz CT molecular complexity index is 441. The molecule has 0 spiro atoms. The summed E-state index contributed by atoms with van der Waals surface area (Å²) in [5.74, 6) is 0.787. The van der Waals surface area contributed by atoms with Gasteiger partial charge in [-0.1, -0.05) is 6.92 Å². The normalized spacial score (nSPS) is 20.2. The van der Waals surface area contributed by atoms with Crippen molar-refractivity contribution in [3.8, 4) is 0 Å². The minimum Gasteiger partial charge on any atom is -0.311 e. The van der Waals surface area contributed by atoms with Crippen LogP contribution in [0.15, 0.2) is 4.47 Å². The van der Waals surface area contributed by atoms with E-state index in [-0.39, 0.29) is 0 Å². The summed E-state index contributed by atoms with van der Waals surface area (Å²) in [4.78, 5) is 2.57. The highest BCUT2D eigenvalue weighted by atomic mass is 79.9. The predicted molar refractivity (Wildman–Crippen MR) is 86.8 cm³/mol. The van der Waals surface area contributed by atoms with Gasteiger partial charge in [0.15, 0.2) is 0 Å². The monoisotopic (exact) mass is 342 g/mol. The van der Waals surface area contributed by atoms with Crippen molar-refractivity contribution in [3.63, 3.8) is 0 Å². The van der Waals surface area contributed by atoms with Gasteiger partial charge in [-0.25, -0.2) is 0 Å². The Balaban J connectivity index is 1.81. The molecule has 1 aromatic heterocycles. The van der Waals surface area contributed by atoms with Crippen LogP contribution in [-0.2, 0) is 20.0 Å². The minimum atomic E-state index is 0.679. The number of hydrogen-bond donors (Lipinski definition) is 1. The highest BCUT2D eigenvalue weighted by Gasteiger charge is 2.23. The van der Waals surface area contributed by atoms with Gasteiger partial charge in [-0.2, -0.15) is 5.10 Å². The minimum absolute atomic E-state index is 0.679. The van der Waals surface area contributed by atoms with Gasteiger partial charge in [0, 0.05) is 26.2 Å². The molecule has 2 rings (SSSR count). The van der Waals surface area contributed by atoms with E-state index < -0.39 is 0 Å². The highest BCUT2D eigenvalue weighted by Crippen LogP contribution is 2.22. The van der Waals surface area contributed by atoms with Crippen LogP contribution in [0.4, 0.5) is 0 Å². The molecule has 20 heavy (non-hydrogen) atoms. The third kappa shape index (κ3) is 3.62. The van der Waals surface area contributed by atoms with Crippen LogP contribution in [0, 0.1) is 5.92 Å². The second kappa shape index (κ2) is 7.05. The van der Waals surface area contributed by atoms with E-state index in [1.54, 1.807) is 0 Å². The largest absolute Gasteiger partial charge is 0.311 e. The predicted octanol–water partition coefficient (Wildman–Crippen LogP) is 2.56. The van der Waals surface area contributed by atoms with Gasteiger partial charge in [0.2, 0.25) is 0 Å². The second-order valence-electron chi connectivity index (χ2n) is 6.06. The first-order valence-corrected chi connectivity index (χ1v) is 8.47. The quantitative estimate of drug-likeness (QED) is 0.862. The van der Waals surface area contributed by atoms with E-state index in [0.717, 1.165) is 31.1 Å². The molecule has 1 aliphatic heterocycles. The molecule has 114 valence electrons. The number of likely N-dealkylation sites (tertiary alicyclic amines) is 1. The van der Waals surface area contributed by atoms with Crippen molar-refractivity contribution in [3.05, 3.63) is 15.9 Å². The Kier molecular flexibility index (Phi) is 5.64. The Hall–Kier alpha value is -0.390. The molecule has 1 aromatic rings. The highest BCUT2D eigenvalue weighted by molar-refractivity contribution is 9.10. The molecular weight excluding hydrogens is 316 g/mol. The lowest BCUT2D eigenvalue weighted by Crippen LogP contribution is -2.30. The fourth-order valence-corrected chi connectivity index (χ4v) is 3.66. The topological polar surface area (TPSA) is 33.1 Å². The molecule has 1 aliphatic rings. The molecule has 2 heterocycles. The smallest absolute Gasteiger partial charge is 0.0767 e. The molecule has 0 saturated carbocycles. The van der Waals surface area contributed by atoms with Gasteiger partial charge in [-0.15, -0.1) is 0 Å². The fraction of sp³-hybridized carbons (Fsp3) is 0.800. The summed E-state index contributed by atoms with van der Waals surface area (Å²) in [6.07, 6.45) is 2.29. The van der Waals surface area contributed by atoms with Crippen molar-refractivity contribution < 1.29 is 0 Å². The molecule has 1 saturated heterocycles. The van der Waals surface area contributed by atoms with Gasteiger partial charge in [0.05, 0.1) is 15.9 Å². The molecule has 0 aliphatic carbocycles. The molecule has 0 bridgehead atoms. The lowest BCUT2D eigenvalue weighted by molar-refractivity contribution is 0.264. The molecule has 4 nitrogen and oxygen atoms in total. The first kappa shape index (κ1) is 16.0. The Morgan fingerprint density at radius 3 is 2.75 bits per heavy atom. The van der Waals surface area contributed by atoms with Crippen molar-refractivity contribution in [1.82, 2.24) is 20.0 Å². The first-order chi connectivity index (χ1) is 9.52. The molecular formula is C15H27BrN4. The van der Waals surface area contributed by atoms with Crippen molar-refractivity contribution in [2.75, 3.05) is 19.6 Å². The van der Waals surface area contributed by atoms with Crippen LogP contribution in [0.3, 0.4) is 0 Å². The summed E-state index contributed by atoms with van der Waals surface area (Å²) in [7, 11) is 2.02. The zero-order chi connectivity index (χ0) is 14.7. The second-order valence-corrected chi connectivity index (χ2v) is 6.85. The van der Waals surface area contributed by atoms with E-state index in [9.17, 15) is 0 Å². The maximum absolute atomic E-state index is 4.54. The van der Waals surface area contributed by atoms with E-state index in [2.05, 4.69) is 52.0 Å². The van der Waals surface area contributed by atoms with Crippen LogP contribution in [0.25, 0.3) is 0 Å². The van der Waals surface area contributed by atoms with Gasteiger partial charge in [0.25, 0.3) is 0 Å². The lowest BCUT2D eigenvalue weighted by Gasteiger charge is -2.20. The summed E-state index contributed by atoms with van der Waals surface area (Å²) in [5, 5.41) is 8.14. The van der Waals surface area contributed by atoms with Crippen LogP contribution in [0.2, 0.25) is 0 Å². The Morgan fingerprint density at radius 2 is 2.20 bits per heavy atom. The van der Waals surface area contributed by atoms with Crippen LogP contribution >= 0.6 is 15.9 Å². The summed E-state index contributed by atoms with van der Waals surface area (Å²) in [6.45, 7) is 11.2. The number of rotatable bonds is 6. The number of nitrogens with zero attached hydrogens (tertiary/aromatic N) is 3. The van der Waals surface area contributed by atoms with Crippen molar-refractivity contribution in [2.24, 2.45) is 13.0 Å². The summed E-state index contributed by atoms with van der Waals surface area (Å²) < 4.78 is 3.16. The average molecular weight is 343 g/mol. The van der Waals surface area contributed by atoms with E-state index in [1.165, 1.54) is 29.7 Å². The van der Waals surface area contributed by atoms with Crippen LogP contribution in [-0.4, -0.2) is 40.4 Å². The van der Waals surface area contributed by atoms with Crippen LogP contribution in [0.1, 0.15) is 38.6 Å². The van der Waals surface area contributed by atoms with E-state index >= 15 is 0 Å². The standard InChI is InChI=1S/C15H27BrN4/c1-5-13-15(16)14(19(4)18-13)9-17-8-12-6-7-20(10-12)11(2)3/h11-12,17H,5-10H2,1-4H3. The third-order valence-electron chi connectivity index (χ3n) is 4.28. The molecule has 1 atom stereocenters. The molecule has 0 radical (unpaired) electrons. The zero-order valence-electron chi connectivity index (χ0n) is 13.1. The van der Waals surface area contributed by atoms with Crippen molar-refractivity contribution in [1.29, 1.82) is 0 Å². The average Bonchev–Trinajstić information content (AvgIpc) is 2.98. The summed E-state index contributed by atoms with van der Waals surface area (Å²) in [5.41, 5.74) is 2.40. The number of halogens is 1. The van der Waals surface area contributed by atoms with Crippen molar-refractivity contribution >= 4 is 15.9 Å². The number of hydrogen-bond acceptors (Lipinski definition) is 3. The number of aryl methyl sites for hydroxylation is 2. The van der Waals surface area contributed by atoms with E-state index in [1.807, 2.05) is 11.7 Å². The van der Waals surface area contributed by atoms with Gasteiger partial charge < -0.3 is 10.2 Å². The number of nitrogens with one attached hydrogen (secondary N) is 1. The lowest BCUT2D eigenvalue weighted by atomic mass is 10.1. The van der Waals surface area contributed by atoms with E-state index in [0.29, 0.717) is 6.04 Å². The maximum Gasteiger partial charge on any atom is 0.0767 e. The maximum atomic E-state index is 4.54. The van der Waals surface area contributed by atoms with Gasteiger partial charge in [-0.05, 0) is 61.6 Å². The molecule has 0 amide bonds. The van der Waals surface area contributed by atoms with Crippen molar-refractivity contribution in [2.45, 2.75) is 46.2 Å². The van der Waals surface area contributed by atoms with Crippen LogP contribution in [0.5, 0.6) is 0 Å². The Morgan fingerprint density at radius 1 is 1.45 bits per heavy atom. The van der Waals surface area contributed by atoms with Crippen LogP contribution < -0.4 is 5.32 Å². The molecule has 5 heteroatoms. The zero-order valence-corrected chi connectivity index (χ0v) is 14.7. The molecule has 1 fully saturated rings. The Labute approximate surface area is 131 Å². The fourth-order valence-electron chi connectivity index (χ4n) is 2.90. The summed E-state index contributed by atoms with van der Waals surface area (Å²) in [6, 6.07) is 0.679. The molecule has 1 unspecified atom stereocenters. The van der Waals surface area contributed by atoms with Gasteiger partial charge >= 0.3 is 0 Å². The molecule has 1 N–H and O–H groups in total. The van der Waals surface area contributed by atoms with Gasteiger partial charge in [0.1, 0.15) is 0 Å². The summed E-state index contributed by atoms with van der Waals surface area (Å²) >= 11 is 3.67. The van der Waals surface area contributed by atoms with Gasteiger partial charge in [-0.3, -0.25) is 4.68 Å². The number of aromatic nitrogens is 2. The SMILES string of the molecule is CCc1nn(C)c(CNCC2CCN(C(C)C)C2)c1Br. The third-order valence-corrected chi connectivity index (χ3v) is 5.19.